The van der Waals surface area contributed by atoms with Gasteiger partial charge >= 0.3 is 0 Å². The van der Waals surface area contributed by atoms with Gasteiger partial charge in [0, 0.05) is 18.9 Å². The van der Waals surface area contributed by atoms with E-state index in [0.717, 1.165) is 31.0 Å². The van der Waals surface area contributed by atoms with Gasteiger partial charge in [0.15, 0.2) is 0 Å². The Bertz CT molecular complexity index is 1050. The smallest absolute Gasteiger partial charge is 0.206 e. The van der Waals surface area contributed by atoms with E-state index in [9.17, 15) is 12.8 Å². The zero-order valence-corrected chi connectivity index (χ0v) is 15.5. The lowest BCUT2D eigenvalue weighted by atomic mass is 9.90. The molecule has 0 radical (unpaired) electrons. The van der Waals surface area contributed by atoms with Crippen molar-refractivity contribution < 1.29 is 17.5 Å². The van der Waals surface area contributed by atoms with Crippen molar-refractivity contribution in [2.45, 2.75) is 35.1 Å². The molecule has 2 aromatic carbocycles. The van der Waals surface area contributed by atoms with Crippen LogP contribution in [0.3, 0.4) is 0 Å². The molecule has 0 N–H and O–H groups in total. The van der Waals surface area contributed by atoms with Gasteiger partial charge < -0.3 is 9.30 Å². The van der Waals surface area contributed by atoms with Crippen LogP contribution in [0.15, 0.2) is 76.8 Å². The van der Waals surface area contributed by atoms with Crippen molar-refractivity contribution in [3.05, 3.63) is 78.4 Å². The van der Waals surface area contributed by atoms with Crippen LogP contribution in [0.5, 0.6) is 5.75 Å². The predicted molar refractivity (Wildman–Crippen MR) is 100 cm³/mol. The van der Waals surface area contributed by atoms with Gasteiger partial charge in [-0.05, 0) is 66.8 Å². The number of rotatable bonds is 5. The van der Waals surface area contributed by atoms with Gasteiger partial charge in [-0.15, -0.1) is 0 Å². The first kappa shape index (κ1) is 17.8. The number of ether oxygens (including phenoxy) is 1. The Morgan fingerprint density at radius 1 is 1.04 bits per heavy atom. The highest BCUT2D eigenvalue weighted by molar-refractivity contribution is 7.91. The summed E-state index contributed by atoms with van der Waals surface area (Å²) in [5.41, 5.74) is 1.03. The minimum Gasteiger partial charge on any atom is -0.493 e. The number of nitrogens with zero attached hydrogens (tertiary/aromatic N) is 1. The van der Waals surface area contributed by atoms with Gasteiger partial charge in [0.25, 0.3) is 0 Å². The Morgan fingerprint density at radius 3 is 2.59 bits per heavy atom. The van der Waals surface area contributed by atoms with Crippen LogP contribution < -0.4 is 4.74 Å². The van der Waals surface area contributed by atoms with E-state index in [1.165, 1.54) is 18.2 Å². The maximum atomic E-state index is 13.4. The van der Waals surface area contributed by atoms with Gasteiger partial charge in [-0.25, -0.2) is 12.8 Å². The van der Waals surface area contributed by atoms with Gasteiger partial charge in [0.05, 0.1) is 16.4 Å². The standard InChI is InChI=1S/C21H20FNO3S/c22-17-4-3-5-18(14-17)27(24,25)19-6-7-20-16(9-13-26-21(20)15-19)8-12-23-10-1-2-11-23/h1-7,10-11,14-16H,8-9,12-13H2. The minimum absolute atomic E-state index is 0.0533. The summed E-state index contributed by atoms with van der Waals surface area (Å²) in [7, 11) is -3.78. The first-order chi connectivity index (χ1) is 13.0. The molecule has 0 spiro atoms. The monoisotopic (exact) mass is 385 g/mol. The van der Waals surface area contributed by atoms with E-state index < -0.39 is 15.7 Å². The average Bonchev–Trinajstić information content (AvgIpc) is 3.19. The van der Waals surface area contributed by atoms with Crippen molar-refractivity contribution in [1.82, 2.24) is 4.57 Å². The van der Waals surface area contributed by atoms with E-state index in [2.05, 4.69) is 4.57 Å². The molecule has 0 saturated carbocycles. The van der Waals surface area contributed by atoms with Crippen LogP contribution in [0.4, 0.5) is 4.39 Å². The lowest BCUT2D eigenvalue weighted by Gasteiger charge is -2.26. The van der Waals surface area contributed by atoms with E-state index in [4.69, 9.17) is 4.74 Å². The maximum absolute atomic E-state index is 13.4. The SMILES string of the molecule is O=S(=O)(c1cccc(F)c1)c1ccc2c(c1)OCCC2CCn1cccc1. The first-order valence-corrected chi connectivity index (χ1v) is 10.4. The molecule has 6 heteroatoms. The third-order valence-electron chi connectivity index (χ3n) is 4.97. The van der Waals surface area contributed by atoms with Gasteiger partial charge in [0.2, 0.25) is 9.84 Å². The summed E-state index contributed by atoms with van der Waals surface area (Å²) >= 11 is 0. The molecular formula is C21H20FNO3S. The molecule has 140 valence electrons. The molecule has 4 nitrogen and oxygen atoms in total. The third kappa shape index (κ3) is 3.62. The Kier molecular flexibility index (Phi) is 4.74. The molecule has 1 aromatic heterocycles. The third-order valence-corrected chi connectivity index (χ3v) is 6.72. The number of hydrogen-bond donors (Lipinski definition) is 0. The van der Waals surface area contributed by atoms with Crippen molar-refractivity contribution in [3.63, 3.8) is 0 Å². The molecule has 1 atom stereocenters. The van der Waals surface area contributed by atoms with E-state index >= 15 is 0 Å². The Hall–Kier alpha value is -2.60. The molecule has 3 aromatic rings. The van der Waals surface area contributed by atoms with E-state index in [-0.39, 0.29) is 9.79 Å². The molecule has 27 heavy (non-hydrogen) atoms. The van der Waals surface area contributed by atoms with Gasteiger partial charge in [-0.3, -0.25) is 0 Å². The molecule has 0 bridgehead atoms. The Balaban J connectivity index is 1.61. The summed E-state index contributed by atoms with van der Waals surface area (Å²) in [4.78, 5) is 0.0697. The molecule has 0 saturated heterocycles. The highest BCUT2D eigenvalue weighted by Crippen LogP contribution is 2.38. The number of halogens is 1. The Labute approximate surface area is 158 Å². The zero-order chi connectivity index (χ0) is 18.9. The van der Waals surface area contributed by atoms with Gasteiger partial charge in [-0.1, -0.05) is 12.1 Å². The summed E-state index contributed by atoms with van der Waals surface area (Å²) < 4.78 is 46.9. The highest BCUT2D eigenvalue weighted by atomic mass is 32.2. The lowest BCUT2D eigenvalue weighted by molar-refractivity contribution is 0.259. The predicted octanol–water partition coefficient (Wildman–Crippen LogP) is 4.42. The van der Waals surface area contributed by atoms with Crippen molar-refractivity contribution in [2.24, 2.45) is 0 Å². The number of sulfone groups is 1. The second kappa shape index (κ2) is 7.19. The summed E-state index contributed by atoms with van der Waals surface area (Å²) in [6.45, 7) is 1.47. The highest BCUT2D eigenvalue weighted by Gasteiger charge is 2.25. The first-order valence-electron chi connectivity index (χ1n) is 8.92. The van der Waals surface area contributed by atoms with Crippen molar-refractivity contribution >= 4 is 9.84 Å². The molecule has 0 aliphatic carbocycles. The Morgan fingerprint density at radius 2 is 1.81 bits per heavy atom. The molecule has 4 rings (SSSR count). The van der Waals surface area contributed by atoms with Crippen LogP contribution in [0.1, 0.15) is 24.3 Å². The van der Waals surface area contributed by atoms with Crippen molar-refractivity contribution in [2.75, 3.05) is 6.61 Å². The van der Waals surface area contributed by atoms with E-state index in [0.29, 0.717) is 18.3 Å². The maximum Gasteiger partial charge on any atom is 0.206 e. The van der Waals surface area contributed by atoms with Crippen molar-refractivity contribution in [1.29, 1.82) is 0 Å². The number of aromatic nitrogens is 1. The normalized spacial score (nSPS) is 16.6. The lowest BCUT2D eigenvalue weighted by Crippen LogP contribution is -2.16. The van der Waals surface area contributed by atoms with Crippen LogP contribution in [0.25, 0.3) is 0 Å². The molecule has 1 aliphatic heterocycles. The largest absolute Gasteiger partial charge is 0.493 e. The molecular weight excluding hydrogens is 365 g/mol. The fourth-order valence-electron chi connectivity index (χ4n) is 3.50. The van der Waals surface area contributed by atoms with E-state index in [1.54, 1.807) is 12.1 Å². The summed E-state index contributed by atoms with van der Waals surface area (Å²) in [6, 6.07) is 14.1. The fraction of sp³-hybridized carbons (Fsp3) is 0.238. The van der Waals surface area contributed by atoms with Crippen LogP contribution in [0, 0.1) is 5.82 Å². The molecule has 0 amide bonds. The minimum atomic E-state index is -3.78. The molecule has 0 fully saturated rings. The van der Waals surface area contributed by atoms with E-state index in [1.807, 2.05) is 30.6 Å². The van der Waals surface area contributed by atoms with Crippen LogP contribution in [-0.2, 0) is 16.4 Å². The summed E-state index contributed by atoms with van der Waals surface area (Å²) in [5, 5.41) is 0. The van der Waals surface area contributed by atoms with Crippen LogP contribution in [-0.4, -0.2) is 19.6 Å². The van der Waals surface area contributed by atoms with Crippen LogP contribution >= 0.6 is 0 Å². The number of fused-ring (bicyclic) bond motifs is 1. The molecule has 1 unspecified atom stereocenters. The van der Waals surface area contributed by atoms with Crippen LogP contribution in [0.2, 0.25) is 0 Å². The summed E-state index contributed by atoms with van der Waals surface area (Å²) in [6.07, 6.45) is 5.94. The topological polar surface area (TPSA) is 48.3 Å². The summed E-state index contributed by atoms with van der Waals surface area (Å²) in [5.74, 6) is 0.355. The second-order valence-corrected chi connectivity index (χ2v) is 8.65. The quantitative estimate of drug-likeness (QED) is 0.653. The number of hydrogen-bond acceptors (Lipinski definition) is 3. The second-order valence-electron chi connectivity index (χ2n) is 6.70. The molecule has 2 heterocycles. The van der Waals surface area contributed by atoms with Gasteiger partial charge in [-0.2, -0.15) is 0 Å². The molecule has 1 aliphatic rings. The number of aryl methyl sites for hydroxylation is 1. The number of benzene rings is 2. The fourth-order valence-corrected chi connectivity index (χ4v) is 4.81. The van der Waals surface area contributed by atoms with Crippen molar-refractivity contribution in [3.8, 4) is 5.75 Å². The zero-order valence-electron chi connectivity index (χ0n) is 14.7. The average molecular weight is 385 g/mol. The van der Waals surface area contributed by atoms with Gasteiger partial charge in [0.1, 0.15) is 11.6 Å².